The number of rotatable bonds is 7. The minimum absolute atomic E-state index is 0.0576. The van der Waals surface area contributed by atoms with Crippen molar-refractivity contribution < 1.29 is 26.0 Å². The first-order chi connectivity index (χ1) is 13.4. The first kappa shape index (κ1) is 20.1. The molecule has 28 heavy (non-hydrogen) atoms. The van der Waals surface area contributed by atoms with E-state index >= 15 is 0 Å². The summed E-state index contributed by atoms with van der Waals surface area (Å²) in [7, 11) is -5.04. The second-order valence-electron chi connectivity index (χ2n) is 6.74. The molecule has 1 aliphatic carbocycles. The number of amides is 1. The third-order valence-corrected chi connectivity index (χ3v) is 4.97. The Labute approximate surface area is 164 Å². The maximum absolute atomic E-state index is 12.5. The Balaban J connectivity index is 1.50. The number of carbonyl (C=O) groups is 1. The molecule has 2 aromatic carbocycles. The van der Waals surface area contributed by atoms with Gasteiger partial charge in [0.1, 0.15) is 18.1 Å². The van der Waals surface area contributed by atoms with Gasteiger partial charge in [0.2, 0.25) is 0 Å². The Bertz CT molecular complexity index is 891. The van der Waals surface area contributed by atoms with Gasteiger partial charge in [-0.3, -0.25) is 4.79 Å². The van der Waals surface area contributed by atoms with Crippen molar-refractivity contribution in [1.82, 2.24) is 5.32 Å². The summed E-state index contributed by atoms with van der Waals surface area (Å²) in [6.07, 6.45) is 5.65. The van der Waals surface area contributed by atoms with E-state index in [0.29, 0.717) is 11.3 Å². The lowest BCUT2D eigenvalue weighted by molar-refractivity contribution is 0.0927. The maximum atomic E-state index is 12.5. The fraction of sp³-hybridized carbons (Fsp3) is 0.350. The van der Waals surface area contributed by atoms with Crippen LogP contribution in [0.4, 0.5) is 3.89 Å². The maximum Gasteiger partial charge on any atom is 0.488 e. The summed E-state index contributed by atoms with van der Waals surface area (Å²) >= 11 is 0. The van der Waals surface area contributed by atoms with E-state index in [4.69, 9.17) is 4.74 Å². The van der Waals surface area contributed by atoms with E-state index in [1.807, 2.05) is 12.1 Å². The van der Waals surface area contributed by atoms with Crippen LogP contribution in [0.1, 0.15) is 48.0 Å². The van der Waals surface area contributed by atoms with Crippen LogP contribution >= 0.6 is 0 Å². The Morgan fingerprint density at radius 3 is 2.18 bits per heavy atom. The topological polar surface area (TPSA) is 81.7 Å². The van der Waals surface area contributed by atoms with Gasteiger partial charge in [-0.1, -0.05) is 35.3 Å². The molecule has 0 unspecified atom stereocenters. The molecule has 0 radical (unpaired) electrons. The Morgan fingerprint density at radius 1 is 0.964 bits per heavy atom. The van der Waals surface area contributed by atoms with Gasteiger partial charge in [-0.2, -0.15) is 8.42 Å². The number of halogens is 1. The SMILES string of the molecule is O=C(NC1CCCCC1)c1ccc(COc2ccc(OS(=O)(=O)F)cc2)cc1. The number of nitrogens with one attached hydrogen (secondary N) is 1. The molecule has 0 aliphatic heterocycles. The van der Waals surface area contributed by atoms with Crippen LogP contribution < -0.4 is 14.2 Å². The van der Waals surface area contributed by atoms with Crippen molar-refractivity contribution in [3.8, 4) is 11.5 Å². The Hall–Kier alpha value is -2.61. The van der Waals surface area contributed by atoms with Crippen LogP contribution in [-0.4, -0.2) is 20.4 Å². The highest BCUT2D eigenvalue weighted by Gasteiger charge is 2.16. The molecule has 0 aromatic heterocycles. The summed E-state index contributed by atoms with van der Waals surface area (Å²) in [5.41, 5.74) is 1.49. The molecule has 1 aliphatic rings. The molecular formula is C20H22FNO5S. The van der Waals surface area contributed by atoms with Gasteiger partial charge in [-0.15, -0.1) is 0 Å². The minimum atomic E-state index is -5.04. The predicted molar refractivity (Wildman–Crippen MR) is 102 cm³/mol. The highest BCUT2D eigenvalue weighted by atomic mass is 32.3. The normalized spacial score (nSPS) is 15.0. The van der Waals surface area contributed by atoms with Gasteiger partial charge in [0, 0.05) is 11.6 Å². The summed E-state index contributed by atoms with van der Waals surface area (Å²) < 4.78 is 43.0. The molecule has 3 rings (SSSR count). The van der Waals surface area contributed by atoms with Crippen LogP contribution in [0.2, 0.25) is 0 Å². The third kappa shape index (κ3) is 6.23. The van der Waals surface area contributed by atoms with Crippen LogP contribution in [-0.2, 0) is 17.1 Å². The summed E-state index contributed by atoms with van der Waals surface area (Å²) in [5, 5.41) is 3.08. The number of benzene rings is 2. The first-order valence-corrected chi connectivity index (χ1v) is 10.5. The average molecular weight is 407 g/mol. The molecule has 8 heteroatoms. The minimum Gasteiger partial charge on any atom is -0.489 e. The second kappa shape index (κ2) is 9.05. The molecule has 1 amide bonds. The highest BCUT2D eigenvalue weighted by Crippen LogP contribution is 2.21. The van der Waals surface area contributed by atoms with Gasteiger partial charge in [0.15, 0.2) is 0 Å². The molecule has 1 fully saturated rings. The smallest absolute Gasteiger partial charge is 0.488 e. The highest BCUT2D eigenvalue weighted by molar-refractivity contribution is 7.81. The van der Waals surface area contributed by atoms with Gasteiger partial charge < -0.3 is 14.2 Å². The van der Waals surface area contributed by atoms with Crippen LogP contribution in [0, 0.1) is 0 Å². The van der Waals surface area contributed by atoms with E-state index < -0.39 is 10.5 Å². The van der Waals surface area contributed by atoms with Crippen LogP contribution in [0.25, 0.3) is 0 Å². The summed E-state index contributed by atoms with van der Waals surface area (Å²) in [4.78, 5) is 12.3. The molecule has 2 aromatic rings. The molecule has 0 atom stereocenters. The van der Waals surface area contributed by atoms with Crippen molar-refractivity contribution in [3.05, 3.63) is 59.7 Å². The molecule has 6 nitrogen and oxygen atoms in total. The number of carbonyl (C=O) groups excluding carboxylic acids is 1. The van der Waals surface area contributed by atoms with E-state index in [0.717, 1.165) is 31.2 Å². The van der Waals surface area contributed by atoms with Gasteiger partial charge in [-0.25, -0.2) is 0 Å². The molecule has 0 bridgehead atoms. The zero-order chi connectivity index (χ0) is 20.0. The van der Waals surface area contributed by atoms with Crippen LogP contribution in [0.5, 0.6) is 11.5 Å². The summed E-state index contributed by atoms with van der Waals surface area (Å²) in [5.74, 6) is 0.281. The molecule has 1 saturated carbocycles. The van der Waals surface area contributed by atoms with Crippen molar-refractivity contribution >= 4 is 16.4 Å². The van der Waals surface area contributed by atoms with E-state index in [-0.39, 0.29) is 24.3 Å². The van der Waals surface area contributed by atoms with E-state index in [1.54, 1.807) is 12.1 Å². The number of ether oxygens (including phenoxy) is 1. The Morgan fingerprint density at radius 2 is 1.57 bits per heavy atom. The van der Waals surface area contributed by atoms with Crippen LogP contribution in [0.3, 0.4) is 0 Å². The lowest BCUT2D eigenvalue weighted by atomic mass is 9.95. The van der Waals surface area contributed by atoms with E-state index in [2.05, 4.69) is 9.50 Å². The second-order valence-corrected chi connectivity index (χ2v) is 7.69. The average Bonchev–Trinajstić information content (AvgIpc) is 2.67. The summed E-state index contributed by atoms with van der Waals surface area (Å²) in [6, 6.07) is 13.0. The van der Waals surface area contributed by atoms with E-state index in [1.165, 1.54) is 30.7 Å². The van der Waals surface area contributed by atoms with Crippen molar-refractivity contribution in [3.63, 3.8) is 0 Å². The third-order valence-electron chi connectivity index (χ3n) is 4.58. The number of hydrogen-bond acceptors (Lipinski definition) is 5. The fourth-order valence-corrected chi connectivity index (χ4v) is 3.48. The quantitative estimate of drug-likeness (QED) is 0.704. The molecular weight excluding hydrogens is 385 g/mol. The van der Waals surface area contributed by atoms with Crippen LogP contribution in [0.15, 0.2) is 48.5 Å². The molecule has 150 valence electrons. The van der Waals surface area contributed by atoms with Crippen molar-refractivity contribution in [2.24, 2.45) is 0 Å². The Kier molecular flexibility index (Phi) is 6.51. The zero-order valence-electron chi connectivity index (χ0n) is 15.3. The first-order valence-electron chi connectivity index (χ1n) is 9.16. The molecule has 1 N–H and O–H groups in total. The van der Waals surface area contributed by atoms with Gasteiger partial charge in [-0.05, 0) is 54.8 Å². The lowest BCUT2D eigenvalue weighted by Gasteiger charge is -2.22. The van der Waals surface area contributed by atoms with Gasteiger partial charge >= 0.3 is 10.5 Å². The van der Waals surface area contributed by atoms with Gasteiger partial charge in [0.25, 0.3) is 5.91 Å². The summed E-state index contributed by atoms with van der Waals surface area (Å²) in [6.45, 7) is 0.270. The number of hydrogen-bond donors (Lipinski definition) is 1. The monoisotopic (exact) mass is 407 g/mol. The zero-order valence-corrected chi connectivity index (χ0v) is 16.1. The lowest BCUT2D eigenvalue weighted by Crippen LogP contribution is -2.36. The van der Waals surface area contributed by atoms with Crippen molar-refractivity contribution in [2.75, 3.05) is 0 Å². The molecule has 0 saturated heterocycles. The fourth-order valence-electron chi connectivity index (χ4n) is 3.14. The van der Waals surface area contributed by atoms with Crippen molar-refractivity contribution in [2.45, 2.75) is 44.8 Å². The molecule has 0 heterocycles. The molecule has 0 spiro atoms. The largest absolute Gasteiger partial charge is 0.489 e. The van der Waals surface area contributed by atoms with Gasteiger partial charge in [0.05, 0.1) is 0 Å². The van der Waals surface area contributed by atoms with Crippen molar-refractivity contribution in [1.29, 1.82) is 0 Å². The standard InChI is InChI=1S/C20H22FNO5S/c21-28(24,25)27-19-12-10-18(11-13-19)26-14-15-6-8-16(9-7-15)20(23)22-17-4-2-1-3-5-17/h6-13,17H,1-5,14H2,(H,22,23). The van der Waals surface area contributed by atoms with E-state index in [9.17, 15) is 17.1 Å². The predicted octanol–water partition coefficient (Wildman–Crippen LogP) is 3.92.